The molecule has 2 aliphatic heterocycles. The van der Waals surface area contributed by atoms with Crippen LogP contribution < -0.4 is 0 Å². The van der Waals surface area contributed by atoms with E-state index in [2.05, 4.69) is 18.5 Å². The lowest BCUT2D eigenvalue weighted by atomic mass is 9.85. The standard InChI is InChI=1S/C12H21NO/c1-3-4-12(14)9-7-10-5-6-11(8-9)13(10)2/h3,9-12,14H,1,4-8H2,2H3. The van der Waals surface area contributed by atoms with Gasteiger partial charge in [0, 0.05) is 12.1 Å². The van der Waals surface area contributed by atoms with E-state index in [1.165, 1.54) is 25.7 Å². The van der Waals surface area contributed by atoms with Crippen LogP contribution in [0.5, 0.6) is 0 Å². The first-order valence-electron chi connectivity index (χ1n) is 5.73. The SMILES string of the molecule is C=CCC(O)C1CC2CCC(C1)N2C. The summed E-state index contributed by atoms with van der Waals surface area (Å²) in [5, 5.41) is 9.93. The van der Waals surface area contributed by atoms with Crippen molar-refractivity contribution in [2.45, 2.75) is 50.3 Å². The van der Waals surface area contributed by atoms with Crippen LogP contribution in [0.2, 0.25) is 0 Å². The molecular weight excluding hydrogens is 174 g/mol. The minimum atomic E-state index is -0.149. The van der Waals surface area contributed by atoms with Gasteiger partial charge in [-0.15, -0.1) is 6.58 Å². The molecule has 2 rings (SSSR count). The number of nitrogens with zero attached hydrogens (tertiary/aromatic N) is 1. The van der Waals surface area contributed by atoms with Crippen molar-refractivity contribution in [1.29, 1.82) is 0 Å². The van der Waals surface area contributed by atoms with Crippen molar-refractivity contribution in [1.82, 2.24) is 4.90 Å². The van der Waals surface area contributed by atoms with Gasteiger partial charge in [0.2, 0.25) is 0 Å². The van der Waals surface area contributed by atoms with Crippen LogP contribution in [-0.2, 0) is 0 Å². The minimum absolute atomic E-state index is 0.149. The molecule has 1 N–H and O–H groups in total. The lowest BCUT2D eigenvalue weighted by Crippen LogP contribution is -2.43. The molecule has 3 atom stereocenters. The van der Waals surface area contributed by atoms with Crippen LogP contribution in [0.1, 0.15) is 32.1 Å². The van der Waals surface area contributed by atoms with Gasteiger partial charge in [0.15, 0.2) is 0 Å². The highest BCUT2D eigenvalue weighted by molar-refractivity contribution is 4.95. The summed E-state index contributed by atoms with van der Waals surface area (Å²) < 4.78 is 0. The largest absolute Gasteiger partial charge is 0.393 e. The summed E-state index contributed by atoms with van der Waals surface area (Å²) in [6.07, 6.45) is 7.48. The van der Waals surface area contributed by atoms with Gasteiger partial charge in [-0.25, -0.2) is 0 Å². The normalized spacial score (nSPS) is 39.7. The van der Waals surface area contributed by atoms with E-state index in [1.807, 2.05) is 6.08 Å². The summed E-state index contributed by atoms with van der Waals surface area (Å²) in [5.74, 6) is 0.515. The van der Waals surface area contributed by atoms with Gasteiger partial charge in [-0.05, 0) is 45.1 Å². The second-order valence-electron chi connectivity index (χ2n) is 4.87. The fourth-order valence-electron chi connectivity index (χ4n) is 3.13. The van der Waals surface area contributed by atoms with E-state index in [0.29, 0.717) is 5.92 Å². The molecule has 80 valence electrons. The molecule has 3 unspecified atom stereocenters. The number of hydrogen-bond donors (Lipinski definition) is 1. The molecule has 0 aromatic carbocycles. The Hall–Kier alpha value is -0.340. The third-order valence-corrected chi connectivity index (χ3v) is 4.09. The number of rotatable bonds is 3. The maximum atomic E-state index is 9.93. The van der Waals surface area contributed by atoms with Gasteiger partial charge in [-0.3, -0.25) is 0 Å². The van der Waals surface area contributed by atoms with E-state index in [9.17, 15) is 5.11 Å². The zero-order chi connectivity index (χ0) is 10.1. The van der Waals surface area contributed by atoms with Crippen LogP contribution in [0.15, 0.2) is 12.7 Å². The summed E-state index contributed by atoms with van der Waals surface area (Å²) in [4.78, 5) is 2.51. The lowest BCUT2D eigenvalue weighted by molar-refractivity contribution is 0.0383. The molecule has 2 saturated heterocycles. The van der Waals surface area contributed by atoms with Crippen molar-refractivity contribution in [2.24, 2.45) is 5.92 Å². The Kier molecular flexibility index (Phi) is 2.93. The van der Waals surface area contributed by atoms with Crippen molar-refractivity contribution >= 4 is 0 Å². The van der Waals surface area contributed by atoms with E-state index in [4.69, 9.17) is 0 Å². The molecule has 2 aliphatic rings. The summed E-state index contributed by atoms with van der Waals surface area (Å²) in [6, 6.07) is 1.47. The Labute approximate surface area is 86.6 Å². The van der Waals surface area contributed by atoms with E-state index >= 15 is 0 Å². The number of fused-ring (bicyclic) bond motifs is 2. The van der Waals surface area contributed by atoms with Gasteiger partial charge in [0.05, 0.1) is 6.10 Å². The fourth-order valence-corrected chi connectivity index (χ4v) is 3.13. The Bertz CT molecular complexity index is 202. The van der Waals surface area contributed by atoms with E-state index in [-0.39, 0.29) is 6.10 Å². The van der Waals surface area contributed by atoms with Crippen LogP contribution >= 0.6 is 0 Å². The minimum Gasteiger partial charge on any atom is -0.393 e. The first-order chi connectivity index (χ1) is 6.72. The molecule has 0 saturated carbocycles. The quantitative estimate of drug-likeness (QED) is 0.694. The molecular formula is C12H21NO. The highest BCUT2D eigenvalue weighted by atomic mass is 16.3. The second kappa shape index (κ2) is 4.03. The molecule has 0 radical (unpaired) electrons. The lowest BCUT2D eigenvalue weighted by Gasteiger charge is -2.38. The van der Waals surface area contributed by atoms with Crippen molar-refractivity contribution in [3.05, 3.63) is 12.7 Å². The molecule has 0 aliphatic carbocycles. The maximum Gasteiger partial charge on any atom is 0.0603 e. The molecule has 0 aromatic heterocycles. The third-order valence-electron chi connectivity index (χ3n) is 4.09. The molecule has 2 nitrogen and oxygen atoms in total. The number of piperidine rings is 1. The van der Waals surface area contributed by atoms with Crippen molar-refractivity contribution in [3.63, 3.8) is 0 Å². The molecule has 14 heavy (non-hydrogen) atoms. The van der Waals surface area contributed by atoms with Crippen molar-refractivity contribution < 1.29 is 5.11 Å². The number of hydrogen-bond acceptors (Lipinski definition) is 2. The zero-order valence-corrected chi connectivity index (χ0v) is 9.02. The van der Waals surface area contributed by atoms with Crippen LogP contribution in [0.4, 0.5) is 0 Å². The molecule has 2 bridgehead atoms. The highest BCUT2D eigenvalue weighted by Crippen LogP contribution is 2.39. The zero-order valence-electron chi connectivity index (χ0n) is 9.02. The molecule has 2 fully saturated rings. The first kappa shape index (κ1) is 10.2. The predicted octanol–water partition coefficient (Wildman–Crippen LogP) is 1.80. The molecule has 2 heteroatoms. The fraction of sp³-hybridized carbons (Fsp3) is 0.833. The number of aliphatic hydroxyl groups is 1. The average Bonchev–Trinajstić information content (AvgIpc) is 2.42. The van der Waals surface area contributed by atoms with Crippen molar-refractivity contribution in [2.75, 3.05) is 7.05 Å². The van der Waals surface area contributed by atoms with Crippen molar-refractivity contribution in [3.8, 4) is 0 Å². The third kappa shape index (κ3) is 1.73. The van der Waals surface area contributed by atoms with Crippen LogP contribution in [0, 0.1) is 5.92 Å². The van der Waals surface area contributed by atoms with E-state index in [1.54, 1.807) is 0 Å². The predicted molar refractivity (Wildman–Crippen MR) is 58.1 cm³/mol. The smallest absolute Gasteiger partial charge is 0.0603 e. The van der Waals surface area contributed by atoms with Crippen LogP contribution in [0.25, 0.3) is 0 Å². The summed E-state index contributed by atoms with van der Waals surface area (Å²) in [6.45, 7) is 3.69. The van der Waals surface area contributed by atoms with Gasteiger partial charge in [-0.2, -0.15) is 0 Å². The van der Waals surface area contributed by atoms with Gasteiger partial charge < -0.3 is 10.0 Å². The van der Waals surface area contributed by atoms with Gasteiger partial charge in [0.25, 0.3) is 0 Å². The van der Waals surface area contributed by atoms with Crippen LogP contribution in [0.3, 0.4) is 0 Å². The Morgan fingerprint density at radius 1 is 1.43 bits per heavy atom. The molecule has 2 heterocycles. The number of aliphatic hydroxyl groups excluding tert-OH is 1. The Morgan fingerprint density at radius 3 is 2.50 bits per heavy atom. The second-order valence-corrected chi connectivity index (χ2v) is 4.87. The summed E-state index contributed by atoms with van der Waals surface area (Å²) >= 11 is 0. The molecule has 0 spiro atoms. The maximum absolute atomic E-state index is 9.93. The Morgan fingerprint density at radius 2 is 2.00 bits per heavy atom. The summed E-state index contributed by atoms with van der Waals surface area (Å²) in [5.41, 5.74) is 0. The monoisotopic (exact) mass is 195 g/mol. The summed E-state index contributed by atoms with van der Waals surface area (Å²) in [7, 11) is 2.23. The topological polar surface area (TPSA) is 23.5 Å². The van der Waals surface area contributed by atoms with Gasteiger partial charge in [0.1, 0.15) is 0 Å². The van der Waals surface area contributed by atoms with E-state index < -0.39 is 0 Å². The highest BCUT2D eigenvalue weighted by Gasteiger charge is 2.40. The van der Waals surface area contributed by atoms with Gasteiger partial charge >= 0.3 is 0 Å². The van der Waals surface area contributed by atoms with E-state index in [0.717, 1.165) is 18.5 Å². The van der Waals surface area contributed by atoms with Gasteiger partial charge in [-0.1, -0.05) is 6.08 Å². The Balaban J connectivity index is 1.95. The molecule has 0 aromatic rings. The van der Waals surface area contributed by atoms with Crippen LogP contribution in [-0.4, -0.2) is 35.2 Å². The first-order valence-corrected chi connectivity index (χ1v) is 5.73. The molecule has 0 amide bonds. The average molecular weight is 195 g/mol.